The summed E-state index contributed by atoms with van der Waals surface area (Å²) in [5.74, 6) is 0. The fraction of sp³-hybridized carbons (Fsp3) is 0.500. The molecule has 1 aliphatic rings. The highest BCUT2D eigenvalue weighted by Gasteiger charge is 2.44. The molecule has 1 aliphatic heterocycles. The number of fused-ring (bicyclic) bond motifs is 1. The summed E-state index contributed by atoms with van der Waals surface area (Å²) in [6.07, 6.45) is -2.83. The van der Waals surface area contributed by atoms with E-state index in [0.717, 1.165) is 6.33 Å². The van der Waals surface area contributed by atoms with E-state index in [1.165, 1.54) is 10.9 Å². The Hall–Kier alpha value is -1.66. The zero-order valence-electron chi connectivity index (χ0n) is 11.5. The number of nitrogens with zero attached hydrogens (tertiary/aromatic N) is 4. The van der Waals surface area contributed by atoms with Gasteiger partial charge in [-0.2, -0.15) is 0 Å². The Labute approximate surface area is 128 Å². The molecule has 0 aromatic carbocycles. The van der Waals surface area contributed by atoms with Crippen molar-refractivity contribution in [1.29, 1.82) is 5.41 Å². The Morgan fingerprint density at radius 3 is 2.52 bits per heavy atom. The van der Waals surface area contributed by atoms with Crippen molar-refractivity contribution in [3.63, 3.8) is 0 Å². The fourth-order valence-corrected chi connectivity index (χ4v) is 2.96. The highest BCUT2D eigenvalue weighted by molar-refractivity contribution is 7.50. The lowest BCUT2D eigenvalue weighted by Gasteiger charge is -2.16. The summed E-state index contributed by atoms with van der Waals surface area (Å²) in [5, 5.41) is 36.7. The average molecular weight is 347 g/mol. The van der Waals surface area contributed by atoms with Gasteiger partial charge < -0.3 is 29.8 Å². The number of aliphatic hydroxyl groups is 3. The van der Waals surface area contributed by atoms with Crippen molar-refractivity contribution in [2.24, 2.45) is 0 Å². The molecule has 126 valence electrons. The summed E-state index contributed by atoms with van der Waals surface area (Å²) in [4.78, 5) is 26.0. The molecule has 1 fully saturated rings. The summed E-state index contributed by atoms with van der Waals surface area (Å²) in [6, 6.07) is 0. The first-order valence-corrected chi connectivity index (χ1v) is 8.00. The van der Waals surface area contributed by atoms with Crippen molar-refractivity contribution in [3.05, 3.63) is 18.1 Å². The molecule has 3 heterocycles. The quantitative estimate of drug-likeness (QED) is 0.320. The van der Waals surface area contributed by atoms with Gasteiger partial charge in [0.1, 0.15) is 24.6 Å². The third kappa shape index (κ3) is 2.50. The van der Waals surface area contributed by atoms with E-state index in [-0.39, 0.29) is 11.2 Å². The third-order valence-electron chi connectivity index (χ3n) is 3.58. The molecule has 2 aromatic heterocycles. The molecule has 1 saturated heterocycles. The van der Waals surface area contributed by atoms with Crippen molar-refractivity contribution in [3.8, 4) is 0 Å². The third-order valence-corrected chi connectivity index (χ3v) is 4.45. The van der Waals surface area contributed by atoms with Gasteiger partial charge in [-0.3, -0.25) is 9.98 Å². The Balaban J connectivity index is 2.10. The summed E-state index contributed by atoms with van der Waals surface area (Å²) in [6.45, 7) is -0.503. The summed E-state index contributed by atoms with van der Waals surface area (Å²) in [5.41, 5.74) is -0.642. The van der Waals surface area contributed by atoms with Crippen LogP contribution in [0.3, 0.4) is 0 Å². The number of ether oxygens (including phenoxy) is 1. The van der Waals surface area contributed by atoms with E-state index >= 15 is 0 Å². The molecule has 0 saturated carbocycles. The molecule has 0 unspecified atom stereocenters. The molecule has 4 atom stereocenters. The molecule has 12 nitrogen and oxygen atoms in total. The maximum atomic E-state index is 11.3. The van der Waals surface area contributed by atoms with Gasteiger partial charge in [0.2, 0.25) is 0 Å². The molecule has 23 heavy (non-hydrogen) atoms. The Kier molecular flexibility index (Phi) is 3.84. The van der Waals surface area contributed by atoms with Gasteiger partial charge in [0.15, 0.2) is 22.9 Å². The molecule has 3 rings (SSSR count). The molecule has 0 aliphatic carbocycles. The maximum Gasteiger partial charge on any atom is 0.436 e. The smallest absolute Gasteiger partial charge is 0.394 e. The predicted molar refractivity (Wildman–Crippen MR) is 71.8 cm³/mol. The molecule has 0 bridgehead atoms. The van der Waals surface area contributed by atoms with E-state index in [1.54, 1.807) is 0 Å². The van der Waals surface area contributed by atoms with Gasteiger partial charge in [-0.1, -0.05) is 0 Å². The minimum atomic E-state index is -4.75. The Morgan fingerprint density at radius 2 is 1.96 bits per heavy atom. The van der Waals surface area contributed by atoms with Crippen LogP contribution in [0.5, 0.6) is 0 Å². The van der Waals surface area contributed by atoms with Crippen LogP contribution in [0, 0.1) is 5.41 Å². The predicted octanol–water partition coefficient (Wildman–Crippen LogP) is -2.74. The van der Waals surface area contributed by atoms with Crippen molar-refractivity contribution >= 4 is 18.9 Å². The van der Waals surface area contributed by atoms with Crippen LogP contribution < -0.4 is 5.49 Å². The van der Waals surface area contributed by atoms with Crippen molar-refractivity contribution < 1.29 is 34.4 Å². The lowest BCUT2D eigenvalue weighted by Crippen LogP contribution is -2.33. The van der Waals surface area contributed by atoms with Crippen LogP contribution in [-0.2, 0) is 9.30 Å². The molecule has 6 N–H and O–H groups in total. The first-order chi connectivity index (χ1) is 10.8. The lowest BCUT2D eigenvalue weighted by atomic mass is 10.1. The van der Waals surface area contributed by atoms with Crippen molar-refractivity contribution in [2.75, 3.05) is 6.61 Å². The van der Waals surface area contributed by atoms with Crippen molar-refractivity contribution in [2.45, 2.75) is 24.5 Å². The highest BCUT2D eigenvalue weighted by Crippen LogP contribution is 2.35. The highest BCUT2D eigenvalue weighted by atomic mass is 31.2. The average Bonchev–Trinajstić information content (AvgIpc) is 3.01. The zero-order valence-corrected chi connectivity index (χ0v) is 12.4. The van der Waals surface area contributed by atoms with Gasteiger partial charge in [-0.05, 0) is 0 Å². The van der Waals surface area contributed by atoms with E-state index < -0.39 is 44.4 Å². The van der Waals surface area contributed by atoms with Gasteiger partial charge in [-0.25, -0.2) is 18.9 Å². The maximum absolute atomic E-state index is 11.3. The van der Waals surface area contributed by atoms with Crippen LogP contribution in [0.2, 0.25) is 0 Å². The minimum Gasteiger partial charge on any atom is -0.394 e. The van der Waals surface area contributed by atoms with E-state index in [9.17, 15) is 14.8 Å². The molecule has 0 spiro atoms. The molecule has 2 aromatic rings. The molecular weight excluding hydrogens is 333 g/mol. The van der Waals surface area contributed by atoms with Crippen LogP contribution in [0.1, 0.15) is 6.23 Å². The number of aliphatic hydroxyl groups excluding tert-OH is 3. The zero-order chi connectivity index (χ0) is 16.9. The number of aromatic nitrogens is 4. The second-order valence-electron chi connectivity index (χ2n) is 5.00. The van der Waals surface area contributed by atoms with Gasteiger partial charge in [-0.15, -0.1) is 0 Å². The van der Waals surface area contributed by atoms with Gasteiger partial charge in [0.25, 0.3) is 0 Å². The molecular formula is C10H14N5O7P. The summed E-state index contributed by atoms with van der Waals surface area (Å²) < 4.78 is 18.2. The van der Waals surface area contributed by atoms with E-state index in [4.69, 9.17) is 25.0 Å². The van der Waals surface area contributed by atoms with Gasteiger partial charge >= 0.3 is 7.75 Å². The molecule has 0 amide bonds. The van der Waals surface area contributed by atoms with Crippen LogP contribution in [0.4, 0.5) is 0 Å². The topological polar surface area (TPSA) is 187 Å². The number of hydrogen-bond acceptors (Lipinski definition) is 8. The number of rotatable bonds is 3. The van der Waals surface area contributed by atoms with Crippen LogP contribution in [0.25, 0.3) is 11.2 Å². The normalized spacial score (nSPS) is 28.6. The second-order valence-corrected chi connectivity index (χ2v) is 6.46. The monoisotopic (exact) mass is 347 g/mol. The SMILES string of the molecule is N=c1c2ncn([C@@H]3O[C@H](CO)[C@@H](O)[C@H]3O)c2ncn1P(=O)(O)O. The van der Waals surface area contributed by atoms with Gasteiger partial charge in [0, 0.05) is 0 Å². The summed E-state index contributed by atoms with van der Waals surface area (Å²) >= 11 is 0. The Bertz CT molecular complexity index is 844. The first kappa shape index (κ1) is 16.2. The van der Waals surface area contributed by atoms with E-state index in [2.05, 4.69) is 9.97 Å². The molecule has 13 heteroatoms. The van der Waals surface area contributed by atoms with Crippen LogP contribution >= 0.6 is 7.75 Å². The number of hydrogen-bond donors (Lipinski definition) is 6. The number of imidazole rings is 1. The second kappa shape index (κ2) is 5.46. The van der Waals surface area contributed by atoms with Crippen LogP contribution in [0.15, 0.2) is 12.7 Å². The first-order valence-electron chi connectivity index (χ1n) is 6.43. The lowest BCUT2D eigenvalue weighted by molar-refractivity contribution is -0.0511. The van der Waals surface area contributed by atoms with Gasteiger partial charge in [0.05, 0.1) is 12.9 Å². The largest absolute Gasteiger partial charge is 0.436 e. The standard InChI is InChI=1S/C10H14N5O7P/c11-8-5-9(13-3-15(8)23(19,20)21)14(2-12-5)10-7(18)6(17)4(1-16)22-10/h2-4,6-7,10-11,16-18H,1H2,(H2,19,20,21)/t4-,6-,7-,10-/m1/s1. The Morgan fingerprint density at radius 1 is 1.26 bits per heavy atom. The fourth-order valence-electron chi connectivity index (χ4n) is 2.42. The molecule has 0 radical (unpaired) electrons. The van der Waals surface area contributed by atoms with E-state index in [0.29, 0.717) is 4.34 Å². The van der Waals surface area contributed by atoms with Crippen LogP contribution in [-0.4, -0.2) is 68.9 Å². The van der Waals surface area contributed by atoms with E-state index in [1.807, 2.05) is 0 Å². The summed E-state index contributed by atoms with van der Waals surface area (Å²) in [7, 11) is -4.75. The number of nitrogens with one attached hydrogen (secondary N) is 1. The minimum absolute atomic E-state index is 0.0366. The van der Waals surface area contributed by atoms with Crippen molar-refractivity contribution in [1.82, 2.24) is 18.9 Å².